The molecular formula is C14H8ClF4NO. The van der Waals surface area contributed by atoms with E-state index in [1.807, 2.05) is 0 Å². The van der Waals surface area contributed by atoms with Crippen LogP contribution in [0.25, 0.3) is 0 Å². The highest BCUT2D eigenvalue weighted by molar-refractivity contribution is 6.33. The summed E-state index contributed by atoms with van der Waals surface area (Å²) in [6.07, 6.45) is -4.88. The van der Waals surface area contributed by atoms with Crippen LogP contribution in [0.1, 0.15) is 21.5 Å². The number of nitrogen functional groups attached to an aromatic ring is 1. The minimum atomic E-state index is -4.88. The van der Waals surface area contributed by atoms with E-state index in [1.54, 1.807) is 0 Å². The number of hydrogen-bond acceptors (Lipinski definition) is 2. The second kappa shape index (κ2) is 5.37. The highest BCUT2D eigenvalue weighted by Crippen LogP contribution is 2.32. The standard InChI is InChI=1S/C14H8ClF4NO/c15-10-6-8(2-4-12(10)20)13(21)7-1-3-11(16)9(5-7)14(17,18)19/h1-6H,20H2. The third-order valence-corrected chi connectivity index (χ3v) is 3.12. The molecule has 7 heteroatoms. The summed E-state index contributed by atoms with van der Waals surface area (Å²) in [6.45, 7) is 0. The van der Waals surface area contributed by atoms with Gasteiger partial charge >= 0.3 is 6.18 Å². The SMILES string of the molecule is Nc1ccc(C(=O)c2ccc(F)c(C(F)(F)F)c2)cc1Cl. The summed E-state index contributed by atoms with van der Waals surface area (Å²) in [7, 11) is 0. The van der Waals surface area contributed by atoms with E-state index >= 15 is 0 Å². The molecule has 2 aromatic rings. The van der Waals surface area contributed by atoms with Crippen LogP contribution in [0.2, 0.25) is 5.02 Å². The van der Waals surface area contributed by atoms with Gasteiger partial charge in [0.15, 0.2) is 5.78 Å². The number of halogens is 5. The van der Waals surface area contributed by atoms with E-state index in [4.69, 9.17) is 17.3 Å². The Morgan fingerprint density at radius 1 is 1.05 bits per heavy atom. The Morgan fingerprint density at radius 2 is 1.62 bits per heavy atom. The van der Waals surface area contributed by atoms with Gasteiger partial charge in [-0.15, -0.1) is 0 Å². The maximum Gasteiger partial charge on any atom is 0.419 e. The molecule has 0 heterocycles. The van der Waals surface area contributed by atoms with Crippen LogP contribution < -0.4 is 5.73 Å². The molecule has 0 fully saturated rings. The zero-order valence-electron chi connectivity index (χ0n) is 10.3. The number of nitrogens with two attached hydrogens (primary N) is 1. The van der Waals surface area contributed by atoms with Gasteiger partial charge in [0.05, 0.1) is 16.3 Å². The largest absolute Gasteiger partial charge is 0.419 e. The Kier molecular flexibility index (Phi) is 3.91. The van der Waals surface area contributed by atoms with Crippen LogP contribution in [-0.4, -0.2) is 5.78 Å². The molecule has 2 rings (SSSR count). The summed E-state index contributed by atoms with van der Waals surface area (Å²) in [5.74, 6) is -2.14. The third kappa shape index (κ3) is 3.16. The molecule has 2 nitrogen and oxygen atoms in total. The Balaban J connectivity index is 2.46. The first-order valence-electron chi connectivity index (χ1n) is 5.66. The lowest BCUT2D eigenvalue weighted by atomic mass is 10.0. The van der Waals surface area contributed by atoms with Crippen LogP contribution >= 0.6 is 11.6 Å². The van der Waals surface area contributed by atoms with Crippen molar-refractivity contribution >= 4 is 23.1 Å². The number of carbonyl (C=O) groups excluding carboxylic acids is 1. The number of alkyl halides is 3. The van der Waals surface area contributed by atoms with Crippen molar-refractivity contribution in [3.05, 3.63) is 63.9 Å². The van der Waals surface area contributed by atoms with E-state index in [9.17, 15) is 22.4 Å². The Hall–Kier alpha value is -2.08. The molecule has 0 aliphatic rings. The van der Waals surface area contributed by atoms with Crippen molar-refractivity contribution in [2.24, 2.45) is 0 Å². The molecule has 0 saturated heterocycles. The predicted molar refractivity (Wildman–Crippen MR) is 70.7 cm³/mol. The summed E-state index contributed by atoms with van der Waals surface area (Å²) in [5, 5.41) is 0.110. The van der Waals surface area contributed by atoms with Crippen molar-refractivity contribution < 1.29 is 22.4 Å². The second-order valence-corrected chi connectivity index (χ2v) is 4.67. The molecule has 0 aliphatic heterocycles. The lowest BCUT2D eigenvalue weighted by molar-refractivity contribution is -0.140. The van der Waals surface area contributed by atoms with Gasteiger partial charge in [0, 0.05) is 11.1 Å². The van der Waals surface area contributed by atoms with Gasteiger partial charge in [-0.1, -0.05) is 11.6 Å². The van der Waals surface area contributed by atoms with E-state index in [0.717, 1.165) is 6.07 Å². The molecule has 0 aromatic heterocycles. The fourth-order valence-corrected chi connectivity index (χ4v) is 1.90. The highest BCUT2D eigenvalue weighted by atomic mass is 35.5. The van der Waals surface area contributed by atoms with Gasteiger partial charge < -0.3 is 5.73 Å². The molecule has 2 aromatic carbocycles. The summed E-state index contributed by atoms with van der Waals surface area (Å²) < 4.78 is 51.0. The van der Waals surface area contributed by atoms with Gasteiger partial charge in [-0.3, -0.25) is 4.79 Å². The van der Waals surface area contributed by atoms with Crippen molar-refractivity contribution in [1.29, 1.82) is 0 Å². The molecule has 0 radical (unpaired) electrons. The highest BCUT2D eigenvalue weighted by Gasteiger charge is 2.34. The third-order valence-electron chi connectivity index (χ3n) is 2.80. The minimum Gasteiger partial charge on any atom is -0.398 e. The van der Waals surface area contributed by atoms with Crippen LogP contribution in [0.5, 0.6) is 0 Å². The number of carbonyl (C=O) groups is 1. The van der Waals surface area contributed by atoms with Gasteiger partial charge in [-0.05, 0) is 36.4 Å². The Labute approximate surface area is 122 Å². The first kappa shape index (κ1) is 15.3. The summed E-state index contributed by atoms with van der Waals surface area (Å²) in [5.41, 5.74) is 4.01. The fourth-order valence-electron chi connectivity index (χ4n) is 1.72. The van der Waals surface area contributed by atoms with Crippen molar-refractivity contribution in [3.8, 4) is 0 Å². The van der Waals surface area contributed by atoms with Crippen LogP contribution in [-0.2, 0) is 6.18 Å². The van der Waals surface area contributed by atoms with Crippen molar-refractivity contribution in [2.45, 2.75) is 6.18 Å². The topological polar surface area (TPSA) is 43.1 Å². The lowest BCUT2D eigenvalue weighted by Crippen LogP contribution is -2.11. The molecular weight excluding hydrogens is 310 g/mol. The number of rotatable bonds is 2. The van der Waals surface area contributed by atoms with Crippen molar-refractivity contribution in [3.63, 3.8) is 0 Å². The number of ketones is 1. The molecule has 0 aliphatic carbocycles. The van der Waals surface area contributed by atoms with Gasteiger partial charge in [-0.25, -0.2) is 4.39 Å². The van der Waals surface area contributed by atoms with Gasteiger partial charge in [0.1, 0.15) is 5.82 Å². The molecule has 2 N–H and O–H groups in total. The van der Waals surface area contributed by atoms with Gasteiger partial charge in [0.25, 0.3) is 0 Å². The first-order chi connectivity index (χ1) is 9.70. The molecule has 0 bridgehead atoms. The maximum absolute atomic E-state index is 13.2. The van der Waals surface area contributed by atoms with Gasteiger partial charge in [-0.2, -0.15) is 13.2 Å². The monoisotopic (exact) mass is 317 g/mol. The van der Waals surface area contributed by atoms with Crippen LogP contribution in [0.4, 0.5) is 23.2 Å². The Bertz CT molecular complexity index is 713. The second-order valence-electron chi connectivity index (χ2n) is 4.26. The molecule has 21 heavy (non-hydrogen) atoms. The van der Waals surface area contributed by atoms with E-state index in [1.165, 1.54) is 18.2 Å². The van der Waals surface area contributed by atoms with Gasteiger partial charge in [0.2, 0.25) is 0 Å². The zero-order chi connectivity index (χ0) is 15.8. The van der Waals surface area contributed by atoms with Crippen LogP contribution in [0.3, 0.4) is 0 Å². The molecule has 0 atom stereocenters. The summed E-state index contributed by atoms with van der Waals surface area (Å²) in [4.78, 5) is 12.1. The van der Waals surface area contributed by atoms with E-state index in [-0.39, 0.29) is 21.8 Å². The Morgan fingerprint density at radius 3 is 2.19 bits per heavy atom. The molecule has 0 unspecified atom stereocenters. The van der Waals surface area contributed by atoms with Crippen LogP contribution in [0, 0.1) is 5.82 Å². The van der Waals surface area contributed by atoms with Crippen molar-refractivity contribution in [1.82, 2.24) is 0 Å². The first-order valence-corrected chi connectivity index (χ1v) is 6.04. The average molecular weight is 318 g/mol. The molecule has 0 spiro atoms. The summed E-state index contributed by atoms with van der Waals surface area (Å²) >= 11 is 5.76. The maximum atomic E-state index is 13.2. The summed E-state index contributed by atoms with van der Waals surface area (Å²) in [6, 6.07) is 6.01. The fraction of sp³-hybridized carbons (Fsp3) is 0.0714. The quantitative estimate of drug-likeness (QED) is 0.509. The van der Waals surface area contributed by atoms with E-state index in [2.05, 4.69) is 0 Å². The smallest absolute Gasteiger partial charge is 0.398 e. The number of benzene rings is 2. The normalized spacial score (nSPS) is 11.5. The number of anilines is 1. The zero-order valence-corrected chi connectivity index (χ0v) is 11.1. The number of hydrogen-bond donors (Lipinski definition) is 1. The molecule has 0 amide bonds. The molecule has 110 valence electrons. The minimum absolute atomic E-state index is 0.0638. The van der Waals surface area contributed by atoms with Crippen LogP contribution in [0.15, 0.2) is 36.4 Å². The average Bonchev–Trinajstić information content (AvgIpc) is 2.40. The predicted octanol–water partition coefficient (Wildman–Crippen LogP) is 4.31. The van der Waals surface area contributed by atoms with E-state index in [0.29, 0.717) is 12.1 Å². The van der Waals surface area contributed by atoms with E-state index < -0.39 is 23.3 Å². The lowest BCUT2D eigenvalue weighted by Gasteiger charge is -2.10. The van der Waals surface area contributed by atoms with Crippen molar-refractivity contribution in [2.75, 3.05) is 5.73 Å². The molecule has 0 saturated carbocycles.